The Bertz CT molecular complexity index is 836. The fraction of sp³-hybridized carbons (Fsp3) is 0.188. The molecule has 21 heavy (non-hydrogen) atoms. The minimum absolute atomic E-state index is 0.124. The smallest absolute Gasteiger partial charge is 0.206 e. The third kappa shape index (κ3) is 2.50. The number of rotatable bonds is 2. The lowest BCUT2D eigenvalue weighted by Gasteiger charge is -2.09. The van der Waals surface area contributed by atoms with Gasteiger partial charge >= 0.3 is 0 Å². The molecular formula is C16H12BrNO2S. The second-order valence-electron chi connectivity index (χ2n) is 5.09. The second-order valence-corrected chi connectivity index (χ2v) is 7.92. The van der Waals surface area contributed by atoms with Crippen molar-refractivity contribution in [1.29, 1.82) is 5.26 Å². The number of hydrogen-bond acceptors (Lipinski definition) is 3. The molecule has 0 bridgehead atoms. The first-order valence-corrected chi connectivity index (χ1v) is 8.81. The quantitative estimate of drug-likeness (QED) is 0.821. The van der Waals surface area contributed by atoms with E-state index in [1.54, 1.807) is 36.4 Å². The van der Waals surface area contributed by atoms with E-state index < -0.39 is 9.84 Å². The number of nitriles is 1. The number of nitrogens with zero attached hydrogens (tertiary/aromatic N) is 1. The van der Waals surface area contributed by atoms with Crippen LogP contribution in [0.2, 0.25) is 0 Å². The Labute approximate surface area is 132 Å². The topological polar surface area (TPSA) is 57.9 Å². The molecule has 0 fully saturated rings. The molecule has 1 aliphatic rings. The van der Waals surface area contributed by atoms with E-state index in [-0.39, 0.29) is 10.8 Å². The Kier molecular flexibility index (Phi) is 3.60. The summed E-state index contributed by atoms with van der Waals surface area (Å²) in [6.45, 7) is 0. The average Bonchev–Trinajstić information content (AvgIpc) is 2.90. The van der Waals surface area contributed by atoms with E-state index >= 15 is 0 Å². The van der Waals surface area contributed by atoms with Crippen LogP contribution in [0.25, 0.3) is 0 Å². The summed E-state index contributed by atoms with van der Waals surface area (Å²) in [6.07, 6.45) is 1.15. The van der Waals surface area contributed by atoms with Crippen LogP contribution in [-0.4, -0.2) is 8.42 Å². The van der Waals surface area contributed by atoms with Gasteiger partial charge in [0, 0.05) is 4.47 Å². The predicted molar refractivity (Wildman–Crippen MR) is 82.5 cm³/mol. The van der Waals surface area contributed by atoms with E-state index in [4.69, 9.17) is 5.26 Å². The molecule has 3 nitrogen and oxygen atoms in total. The van der Waals surface area contributed by atoms with Crippen molar-refractivity contribution in [3.8, 4) is 6.07 Å². The van der Waals surface area contributed by atoms with Gasteiger partial charge in [0.15, 0.2) is 0 Å². The fourth-order valence-electron chi connectivity index (χ4n) is 2.70. The summed E-state index contributed by atoms with van der Waals surface area (Å²) in [5, 5.41) is 9.07. The van der Waals surface area contributed by atoms with Gasteiger partial charge in [-0.15, -0.1) is 0 Å². The Morgan fingerprint density at radius 2 is 1.81 bits per heavy atom. The molecule has 0 saturated heterocycles. The van der Waals surface area contributed by atoms with Crippen molar-refractivity contribution < 1.29 is 8.42 Å². The van der Waals surface area contributed by atoms with Crippen LogP contribution >= 0.6 is 15.9 Å². The molecule has 0 amide bonds. The standard InChI is InChI=1S/C16H12BrNO2S/c17-13-4-6-14(7-5-13)21(19,20)16-3-1-2-12-8-11(10-18)9-15(12)16/h1-7,11H,8-9H2. The van der Waals surface area contributed by atoms with Gasteiger partial charge in [0.25, 0.3) is 0 Å². The van der Waals surface area contributed by atoms with Crippen molar-refractivity contribution in [2.45, 2.75) is 22.6 Å². The highest BCUT2D eigenvalue weighted by molar-refractivity contribution is 9.10. The van der Waals surface area contributed by atoms with Crippen LogP contribution in [0.15, 0.2) is 56.7 Å². The van der Waals surface area contributed by atoms with Crippen LogP contribution in [0.5, 0.6) is 0 Å². The predicted octanol–water partition coefficient (Wildman–Crippen LogP) is 3.52. The number of fused-ring (bicyclic) bond motifs is 1. The normalized spacial score (nSPS) is 17.2. The highest BCUT2D eigenvalue weighted by Crippen LogP contribution is 2.34. The maximum absolute atomic E-state index is 12.8. The molecule has 5 heteroatoms. The molecule has 2 aromatic carbocycles. The summed E-state index contributed by atoms with van der Waals surface area (Å²) in [6, 6.07) is 14.2. The second kappa shape index (κ2) is 5.28. The van der Waals surface area contributed by atoms with E-state index in [9.17, 15) is 8.42 Å². The third-order valence-corrected chi connectivity index (χ3v) is 6.13. The zero-order valence-corrected chi connectivity index (χ0v) is 13.5. The van der Waals surface area contributed by atoms with E-state index in [2.05, 4.69) is 22.0 Å². The van der Waals surface area contributed by atoms with Crippen LogP contribution in [0.1, 0.15) is 11.1 Å². The van der Waals surface area contributed by atoms with Gasteiger partial charge in [-0.25, -0.2) is 8.42 Å². The van der Waals surface area contributed by atoms with E-state index in [0.717, 1.165) is 15.6 Å². The van der Waals surface area contributed by atoms with Gasteiger partial charge in [-0.05, 0) is 54.3 Å². The van der Waals surface area contributed by atoms with Crippen LogP contribution in [-0.2, 0) is 22.7 Å². The molecular weight excluding hydrogens is 350 g/mol. The molecule has 0 aliphatic heterocycles. The zero-order valence-electron chi connectivity index (χ0n) is 11.1. The SMILES string of the molecule is N#CC1Cc2cccc(S(=O)(=O)c3ccc(Br)cc3)c2C1. The van der Waals surface area contributed by atoms with Crippen LogP contribution in [0.4, 0.5) is 0 Å². The largest absolute Gasteiger partial charge is 0.219 e. The molecule has 0 aromatic heterocycles. The summed E-state index contributed by atoms with van der Waals surface area (Å²) >= 11 is 3.30. The summed E-state index contributed by atoms with van der Waals surface area (Å²) in [7, 11) is -3.54. The molecule has 0 radical (unpaired) electrons. The molecule has 1 atom stereocenters. The molecule has 0 heterocycles. The lowest BCUT2D eigenvalue weighted by atomic mass is 10.1. The van der Waals surface area contributed by atoms with Crippen molar-refractivity contribution in [1.82, 2.24) is 0 Å². The Morgan fingerprint density at radius 1 is 1.10 bits per heavy atom. The Morgan fingerprint density at radius 3 is 2.48 bits per heavy atom. The van der Waals surface area contributed by atoms with Crippen LogP contribution in [0.3, 0.4) is 0 Å². The first kappa shape index (κ1) is 14.3. The van der Waals surface area contributed by atoms with Crippen molar-refractivity contribution in [3.05, 3.63) is 58.1 Å². The van der Waals surface area contributed by atoms with Crippen molar-refractivity contribution >= 4 is 25.8 Å². The molecule has 3 rings (SSSR count). The maximum atomic E-state index is 12.8. The minimum Gasteiger partial charge on any atom is -0.219 e. The van der Waals surface area contributed by atoms with Gasteiger partial charge < -0.3 is 0 Å². The summed E-state index contributed by atoms with van der Waals surface area (Å²) in [5.74, 6) is -0.124. The van der Waals surface area contributed by atoms with Gasteiger partial charge in [0.05, 0.1) is 21.8 Å². The number of halogens is 1. The van der Waals surface area contributed by atoms with Crippen molar-refractivity contribution in [2.24, 2.45) is 5.92 Å². The molecule has 1 aliphatic carbocycles. The molecule has 1 unspecified atom stereocenters. The van der Waals surface area contributed by atoms with Crippen molar-refractivity contribution in [3.63, 3.8) is 0 Å². The first-order chi connectivity index (χ1) is 10.0. The van der Waals surface area contributed by atoms with Gasteiger partial charge in [0.2, 0.25) is 9.84 Å². The first-order valence-electron chi connectivity index (χ1n) is 6.53. The number of hydrogen-bond donors (Lipinski definition) is 0. The summed E-state index contributed by atoms with van der Waals surface area (Å²) in [4.78, 5) is 0.611. The summed E-state index contributed by atoms with van der Waals surface area (Å²) in [5.41, 5.74) is 1.77. The van der Waals surface area contributed by atoms with Crippen LogP contribution in [0, 0.1) is 17.2 Å². The van der Waals surface area contributed by atoms with Crippen molar-refractivity contribution in [2.75, 3.05) is 0 Å². The van der Waals surface area contributed by atoms with Gasteiger partial charge in [-0.3, -0.25) is 0 Å². The molecule has 2 aromatic rings. The molecule has 0 saturated carbocycles. The van der Waals surface area contributed by atoms with E-state index in [1.165, 1.54) is 0 Å². The zero-order chi connectivity index (χ0) is 15.0. The number of benzene rings is 2. The van der Waals surface area contributed by atoms with E-state index in [0.29, 0.717) is 17.7 Å². The molecule has 0 N–H and O–H groups in total. The lowest BCUT2D eigenvalue weighted by Crippen LogP contribution is -2.06. The van der Waals surface area contributed by atoms with Gasteiger partial charge in [0.1, 0.15) is 0 Å². The third-order valence-electron chi connectivity index (χ3n) is 3.74. The molecule has 106 valence electrons. The van der Waals surface area contributed by atoms with Crippen LogP contribution < -0.4 is 0 Å². The van der Waals surface area contributed by atoms with E-state index in [1.807, 2.05) is 6.07 Å². The minimum atomic E-state index is -3.54. The number of sulfone groups is 1. The Hall–Kier alpha value is -1.64. The Balaban J connectivity index is 2.12. The monoisotopic (exact) mass is 361 g/mol. The summed E-state index contributed by atoms with van der Waals surface area (Å²) < 4.78 is 26.4. The maximum Gasteiger partial charge on any atom is 0.206 e. The fourth-order valence-corrected chi connectivity index (χ4v) is 4.51. The van der Waals surface area contributed by atoms with Gasteiger partial charge in [-0.1, -0.05) is 28.1 Å². The average molecular weight is 362 g/mol. The van der Waals surface area contributed by atoms with Gasteiger partial charge in [-0.2, -0.15) is 5.26 Å². The molecule has 0 spiro atoms. The lowest BCUT2D eigenvalue weighted by molar-refractivity contribution is 0.594. The highest BCUT2D eigenvalue weighted by Gasteiger charge is 2.29. The highest BCUT2D eigenvalue weighted by atomic mass is 79.9.